The zero-order valence-electron chi connectivity index (χ0n) is 12.2. The van der Waals surface area contributed by atoms with Crippen molar-refractivity contribution in [1.82, 2.24) is 4.90 Å². The summed E-state index contributed by atoms with van der Waals surface area (Å²) in [5.74, 6) is 0.434. The smallest absolute Gasteiger partial charge is 0.248 e. The maximum absolute atomic E-state index is 11.2. The molecule has 1 aromatic carbocycles. The Kier molecular flexibility index (Phi) is 5.15. The number of piperidine rings is 1. The van der Waals surface area contributed by atoms with Crippen LogP contribution in [-0.2, 0) is 6.54 Å². The van der Waals surface area contributed by atoms with E-state index in [4.69, 9.17) is 11.5 Å². The third kappa shape index (κ3) is 3.58. The topological polar surface area (TPSA) is 72.3 Å². The lowest BCUT2D eigenvalue weighted by atomic mass is 9.88. The lowest BCUT2D eigenvalue weighted by Gasteiger charge is -2.39. The monoisotopic (exact) mass is 275 g/mol. The molecule has 1 heterocycles. The van der Waals surface area contributed by atoms with Crippen LogP contribution in [0.4, 0.5) is 0 Å². The Morgan fingerprint density at radius 3 is 2.90 bits per heavy atom. The summed E-state index contributed by atoms with van der Waals surface area (Å²) in [5, 5.41) is 0. The number of benzene rings is 1. The van der Waals surface area contributed by atoms with Crippen molar-refractivity contribution in [3.8, 4) is 0 Å². The predicted octanol–water partition coefficient (Wildman–Crippen LogP) is 1.73. The summed E-state index contributed by atoms with van der Waals surface area (Å²) in [4.78, 5) is 13.7. The van der Waals surface area contributed by atoms with Crippen molar-refractivity contribution in [3.63, 3.8) is 0 Å². The average molecular weight is 275 g/mol. The highest BCUT2D eigenvalue weighted by molar-refractivity contribution is 5.92. The number of amides is 1. The molecule has 0 aromatic heterocycles. The lowest BCUT2D eigenvalue weighted by molar-refractivity contribution is 0.0998. The number of rotatable bonds is 5. The molecule has 0 saturated carbocycles. The molecule has 1 aliphatic heterocycles. The first kappa shape index (κ1) is 15.0. The quantitative estimate of drug-likeness (QED) is 0.859. The standard InChI is InChI=1S/C16H25N3O/c1-2-12-6-7-19(15(9-12)10-17)11-13-4-3-5-14(8-13)16(18)20/h3-5,8,12,15H,2,6-7,9-11,17H2,1H3,(H2,18,20). The van der Waals surface area contributed by atoms with Crippen LogP contribution in [0.2, 0.25) is 0 Å². The first-order valence-electron chi connectivity index (χ1n) is 7.46. The van der Waals surface area contributed by atoms with E-state index in [2.05, 4.69) is 11.8 Å². The van der Waals surface area contributed by atoms with Gasteiger partial charge in [0.2, 0.25) is 5.91 Å². The zero-order chi connectivity index (χ0) is 14.5. The molecule has 0 radical (unpaired) electrons. The molecule has 0 spiro atoms. The second kappa shape index (κ2) is 6.86. The maximum Gasteiger partial charge on any atom is 0.248 e. The van der Waals surface area contributed by atoms with Crippen LogP contribution >= 0.6 is 0 Å². The van der Waals surface area contributed by atoms with Gasteiger partial charge in [-0.25, -0.2) is 0 Å². The van der Waals surface area contributed by atoms with E-state index in [-0.39, 0.29) is 5.91 Å². The first-order valence-corrected chi connectivity index (χ1v) is 7.46. The van der Waals surface area contributed by atoms with Crippen molar-refractivity contribution >= 4 is 5.91 Å². The van der Waals surface area contributed by atoms with E-state index < -0.39 is 0 Å². The van der Waals surface area contributed by atoms with E-state index in [1.54, 1.807) is 6.07 Å². The van der Waals surface area contributed by atoms with E-state index in [9.17, 15) is 4.79 Å². The Labute approximate surface area is 121 Å². The summed E-state index contributed by atoms with van der Waals surface area (Å²) >= 11 is 0. The average Bonchev–Trinajstić information content (AvgIpc) is 2.48. The lowest BCUT2D eigenvalue weighted by Crippen LogP contribution is -2.46. The minimum absolute atomic E-state index is 0.369. The largest absolute Gasteiger partial charge is 0.366 e. The van der Waals surface area contributed by atoms with Gasteiger partial charge in [-0.2, -0.15) is 0 Å². The molecular formula is C16H25N3O. The number of nitrogens with two attached hydrogens (primary N) is 2. The summed E-state index contributed by atoms with van der Waals surface area (Å²) in [5.41, 5.74) is 13.0. The molecule has 2 atom stereocenters. The van der Waals surface area contributed by atoms with Gasteiger partial charge in [-0.1, -0.05) is 25.5 Å². The van der Waals surface area contributed by atoms with E-state index in [0.29, 0.717) is 18.2 Å². The van der Waals surface area contributed by atoms with Gasteiger partial charge in [-0.05, 0) is 43.0 Å². The first-order chi connectivity index (χ1) is 9.63. The van der Waals surface area contributed by atoms with Crippen molar-refractivity contribution < 1.29 is 4.79 Å². The molecule has 4 nitrogen and oxygen atoms in total. The molecule has 4 N–H and O–H groups in total. The highest BCUT2D eigenvalue weighted by Crippen LogP contribution is 2.26. The van der Waals surface area contributed by atoms with Crippen LogP contribution in [0, 0.1) is 5.92 Å². The number of carbonyl (C=O) groups is 1. The van der Waals surface area contributed by atoms with Crippen LogP contribution in [0.5, 0.6) is 0 Å². The second-order valence-electron chi connectivity index (χ2n) is 5.72. The van der Waals surface area contributed by atoms with Crippen molar-refractivity contribution in [2.24, 2.45) is 17.4 Å². The van der Waals surface area contributed by atoms with E-state index in [1.807, 2.05) is 18.2 Å². The van der Waals surface area contributed by atoms with Crippen molar-refractivity contribution in [3.05, 3.63) is 35.4 Å². The van der Waals surface area contributed by atoms with Crippen LogP contribution < -0.4 is 11.5 Å². The Morgan fingerprint density at radius 1 is 1.45 bits per heavy atom. The number of nitrogens with zero attached hydrogens (tertiary/aromatic N) is 1. The van der Waals surface area contributed by atoms with Gasteiger partial charge in [0.1, 0.15) is 0 Å². The van der Waals surface area contributed by atoms with Gasteiger partial charge >= 0.3 is 0 Å². The summed E-state index contributed by atoms with van der Waals surface area (Å²) in [6.07, 6.45) is 3.66. The van der Waals surface area contributed by atoms with Gasteiger partial charge in [0.05, 0.1) is 0 Å². The van der Waals surface area contributed by atoms with Gasteiger partial charge in [0, 0.05) is 24.7 Å². The highest BCUT2D eigenvalue weighted by Gasteiger charge is 2.26. The van der Waals surface area contributed by atoms with E-state index >= 15 is 0 Å². The number of hydrogen-bond acceptors (Lipinski definition) is 3. The number of likely N-dealkylation sites (tertiary alicyclic amines) is 1. The third-order valence-corrected chi connectivity index (χ3v) is 4.39. The molecule has 1 amide bonds. The maximum atomic E-state index is 11.2. The SMILES string of the molecule is CCC1CCN(Cc2cccc(C(N)=O)c2)C(CN)C1. The Morgan fingerprint density at radius 2 is 2.25 bits per heavy atom. The number of hydrogen-bond donors (Lipinski definition) is 2. The Bertz CT molecular complexity index is 461. The fraction of sp³-hybridized carbons (Fsp3) is 0.562. The van der Waals surface area contributed by atoms with Crippen LogP contribution in [-0.4, -0.2) is 29.9 Å². The molecule has 1 aliphatic rings. The van der Waals surface area contributed by atoms with Gasteiger partial charge < -0.3 is 11.5 Å². The molecule has 20 heavy (non-hydrogen) atoms. The minimum Gasteiger partial charge on any atom is -0.366 e. The van der Waals surface area contributed by atoms with Gasteiger partial charge in [0.15, 0.2) is 0 Å². The predicted molar refractivity (Wildman–Crippen MR) is 81.2 cm³/mol. The molecule has 1 fully saturated rings. The summed E-state index contributed by atoms with van der Waals surface area (Å²) in [6, 6.07) is 8.04. The molecule has 2 unspecified atom stereocenters. The highest BCUT2D eigenvalue weighted by atomic mass is 16.1. The van der Waals surface area contributed by atoms with Crippen LogP contribution in [0.25, 0.3) is 0 Å². The van der Waals surface area contributed by atoms with Crippen molar-refractivity contribution in [2.45, 2.75) is 38.8 Å². The zero-order valence-corrected chi connectivity index (χ0v) is 12.2. The fourth-order valence-corrected chi connectivity index (χ4v) is 3.06. The fourth-order valence-electron chi connectivity index (χ4n) is 3.06. The molecule has 4 heteroatoms. The van der Waals surface area contributed by atoms with E-state index in [1.165, 1.54) is 19.3 Å². The molecule has 1 saturated heterocycles. The minimum atomic E-state index is -0.369. The van der Waals surface area contributed by atoms with Crippen molar-refractivity contribution in [2.75, 3.05) is 13.1 Å². The van der Waals surface area contributed by atoms with Gasteiger partial charge in [0.25, 0.3) is 0 Å². The summed E-state index contributed by atoms with van der Waals surface area (Å²) in [7, 11) is 0. The molecule has 1 aromatic rings. The van der Waals surface area contributed by atoms with Crippen LogP contribution in [0.1, 0.15) is 42.1 Å². The van der Waals surface area contributed by atoms with Crippen LogP contribution in [0.3, 0.4) is 0 Å². The molecular weight excluding hydrogens is 250 g/mol. The summed E-state index contributed by atoms with van der Waals surface area (Å²) < 4.78 is 0. The van der Waals surface area contributed by atoms with E-state index in [0.717, 1.165) is 24.6 Å². The normalized spacial score (nSPS) is 23.7. The molecule has 2 rings (SSSR count). The molecule has 0 aliphatic carbocycles. The second-order valence-corrected chi connectivity index (χ2v) is 5.72. The molecule has 0 bridgehead atoms. The Balaban J connectivity index is 2.05. The molecule has 110 valence electrons. The van der Waals surface area contributed by atoms with Crippen LogP contribution in [0.15, 0.2) is 24.3 Å². The van der Waals surface area contributed by atoms with Gasteiger partial charge in [-0.3, -0.25) is 9.69 Å². The third-order valence-electron chi connectivity index (χ3n) is 4.39. The van der Waals surface area contributed by atoms with Crippen molar-refractivity contribution in [1.29, 1.82) is 0 Å². The number of carbonyl (C=O) groups excluding carboxylic acids is 1. The van der Waals surface area contributed by atoms with Gasteiger partial charge in [-0.15, -0.1) is 0 Å². The number of primary amides is 1. The Hall–Kier alpha value is -1.39. The summed E-state index contributed by atoms with van der Waals surface area (Å²) in [6.45, 7) is 4.89.